The Hall–Kier alpha value is -1.40. The second-order valence-electron chi connectivity index (χ2n) is 10.2. The quantitative estimate of drug-likeness (QED) is 0.489. The lowest BCUT2D eigenvalue weighted by Crippen LogP contribution is -2.42. The maximum atomic E-state index is 13.3. The van der Waals surface area contributed by atoms with Crippen LogP contribution in [0.3, 0.4) is 0 Å². The number of nitrogens with one attached hydrogen (secondary N) is 1. The van der Waals surface area contributed by atoms with Crippen molar-refractivity contribution >= 4 is 43.4 Å². The smallest absolute Gasteiger partial charge is 0.162 e. The van der Waals surface area contributed by atoms with Crippen molar-refractivity contribution in [3.8, 4) is 5.75 Å². The molecule has 0 bridgehead atoms. The predicted octanol–water partition coefficient (Wildman–Crippen LogP) is 6.19. The molecule has 0 amide bonds. The van der Waals surface area contributed by atoms with Crippen molar-refractivity contribution in [3.63, 3.8) is 0 Å². The summed E-state index contributed by atoms with van der Waals surface area (Å²) in [6, 6.07) is 3.96. The zero-order valence-electron chi connectivity index (χ0n) is 18.0. The van der Waals surface area contributed by atoms with Crippen molar-refractivity contribution < 1.29 is 14.3 Å². The largest absolute Gasteiger partial charge is 0.494 e. The van der Waals surface area contributed by atoms with Gasteiger partial charge >= 0.3 is 0 Å². The van der Waals surface area contributed by atoms with E-state index in [1.165, 1.54) is 0 Å². The number of Topliss-reactive ketones (excluding diaryl/α,β-unsaturated/α-hetero) is 2. The minimum absolute atomic E-state index is 0.0964. The van der Waals surface area contributed by atoms with E-state index in [4.69, 9.17) is 4.74 Å². The third-order valence-corrected chi connectivity index (χ3v) is 7.46. The molecule has 30 heavy (non-hydrogen) atoms. The van der Waals surface area contributed by atoms with Gasteiger partial charge in [-0.15, -0.1) is 0 Å². The first kappa shape index (κ1) is 21.8. The van der Waals surface area contributed by atoms with Gasteiger partial charge in [0.1, 0.15) is 5.75 Å². The predicted molar refractivity (Wildman–Crippen MR) is 124 cm³/mol. The zero-order chi connectivity index (χ0) is 22.0. The standard InChI is InChI=1S/C24H27Br2NO3/c1-23(2)8-15-20(17(28)10-23)19(12-6-13(25)22(30-5)14(26)7-12)21-16(27-15)9-24(3,4)11-18(21)29/h6-7,19,27H,8-11H2,1-5H3. The van der Waals surface area contributed by atoms with Crippen LogP contribution in [-0.4, -0.2) is 18.7 Å². The van der Waals surface area contributed by atoms with Gasteiger partial charge in [-0.3, -0.25) is 9.59 Å². The molecule has 0 saturated heterocycles. The average Bonchev–Trinajstić information content (AvgIpc) is 2.57. The van der Waals surface area contributed by atoms with Gasteiger partial charge in [0, 0.05) is 41.3 Å². The molecule has 0 spiro atoms. The van der Waals surface area contributed by atoms with E-state index in [2.05, 4.69) is 64.9 Å². The first-order chi connectivity index (χ1) is 13.9. The normalized spacial score (nSPS) is 23.2. The number of benzene rings is 1. The number of hydrogen-bond donors (Lipinski definition) is 1. The van der Waals surface area contributed by atoms with Gasteiger partial charge in [-0.05, 0) is 73.2 Å². The number of dihydropyridines is 1. The van der Waals surface area contributed by atoms with Crippen LogP contribution in [-0.2, 0) is 9.59 Å². The summed E-state index contributed by atoms with van der Waals surface area (Å²) in [5.41, 5.74) is 4.20. The third-order valence-electron chi connectivity index (χ3n) is 6.28. The maximum absolute atomic E-state index is 13.3. The van der Waals surface area contributed by atoms with Crippen LogP contribution >= 0.6 is 31.9 Å². The monoisotopic (exact) mass is 535 g/mol. The van der Waals surface area contributed by atoms with Crippen LogP contribution in [0.1, 0.15) is 64.9 Å². The number of ether oxygens (including phenoxy) is 1. The van der Waals surface area contributed by atoms with Gasteiger partial charge in [0.05, 0.1) is 16.1 Å². The molecule has 1 aromatic rings. The Bertz CT molecular complexity index is 958. The fourth-order valence-corrected chi connectivity index (χ4v) is 6.71. The number of carbonyl (C=O) groups excluding carboxylic acids is 2. The Morgan fingerprint density at radius 3 is 1.70 bits per heavy atom. The lowest BCUT2D eigenvalue weighted by molar-refractivity contribution is -0.119. The van der Waals surface area contributed by atoms with Crippen molar-refractivity contribution in [2.45, 2.75) is 59.3 Å². The first-order valence-corrected chi connectivity index (χ1v) is 11.8. The van der Waals surface area contributed by atoms with E-state index >= 15 is 0 Å². The Morgan fingerprint density at radius 1 is 0.867 bits per heavy atom. The van der Waals surface area contributed by atoms with Crippen LogP contribution < -0.4 is 10.1 Å². The molecule has 0 aromatic heterocycles. The average molecular weight is 537 g/mol. The summed E-state index contributed by atoms with van der Waals surface area (Å²) < 4.78 is 7.06. The highest BCUT2D eigenvalue weighted by molar-refractivity contribution is 9.11. The van der Waals surface area contributed by atoms with Crippen LogP contribution in [0.15, 0.2) is 43.6 Å². The van der Waals surface area contributed by atoms with Crippen LogP contribution in [0, 0.1) is 10.8 Å². The molecule has 1 heterocycles. The van der Waals surface area contributed by atoms with Crippen LogP contribution in [0.5, 0.6) is 5.75 Å². The van der Waals surface area contributed by atoms with Crippen LogP contribution in [0.2, 0.25) is 0 Å². The van der Waals surface area contributed by atoms with Crippen molar-refractivity contribution in [2.75, 3.05) is 7.11 Å². The van der Waals surface area contributed by atoms with E-state index in [1.54, 1.807) is 7.11 Å². The Morgan fingerprint density at radius 2 is 1.30 bits per heavy atom. The lowest BCUT2D eigenvalue weighted by Gasteiger charge is -2.44. The molecule has 0 saturated carbocycles. The Labute approximate surface area is 194 Å². The minimum atomic E-state index is -0.345. The molecule has 4 nitrogen and oxygen atoms in total. The number of halogens is 2. The SMILES string of the molecule is COc1c(Br)cc(C2C3=C(CC(C)(C)CC3=O)NC3=C2C(=O)CC(C)(C)C3)cc1Br. The van der Waals surface area contributed by atoms with E-state index in [0.29, 0.717) is 18.6 Å². The van der Waals surface area contributed by atoms with Gasteiger partial charge in [0.2, 0.25) is 0 Å². The van der Waals surface area contributed by atoms with Crippen molar-refractivity contribution in [1.82, 2.24) is 5.32 Å². The van der Waals surface area contributed by atoms with E-state index in [1.807, 2.05) is 12.1 Å². The van der Waals surface area contributed by atoms with Gasteiger partial charge in [0.15, 0.2) is 11.6 Å². The molecule has 3 aliphatic rings. The molecular formula is C24H27Br2NO3. The molecule has 0 atom stereocenters. The summed E-state index contributed by atoms with van der Waals surface area (Å²) in [5.74, 6) is 0.613. The van der Waals surface area contributed by atoms with Gasteiger partial charge in [0.25, 0.3) is 0 Å². The molecule has 0 radical (unpaired) electrons. The van der Waals surface area contributed by atoms with Gasteiger partial charge < -0.3 is 10.1 Å². The molecule has 0 fully saturated rings. The maximum Gasteiger partial charge on any atom is 0.162 e. The van der Waals surface area contributed by atoms with Crippen molar-refractivity contribution in [3.05, 3.63) is 49.2 Å². The zero-order valence-corrected chi connectivity index (χ0v) is 21.2. The van der Waals surface area contributed by atoms with E-state index in [-0.39, 0.29) is 28.3 Å². The summed E-state index contributed by atoms with van der Waals surface area (Å²) in [7, 11) is 1.62. The van der Waals surface area contributed by atoms with Crippen LogP contribution in [0.4, 0.5) is 0 Å². The Kier molecular flexibility index (Phi) is 5.33. The lowest BCUT2D eigenvalue weighted by atomic mass is 9.64. The number of rotatable bonds is 2. The number of allylic oxidation sites excluding steroid dienone is 4. The Balaban J connectivity index is 1.94. The summed E-state index contributed by atoms with van der Waals surface area (Å²) >= 11 is 7.19. The summed E-state index contributed by atoms with van der Waals surface area (Å²) in [4.78, 5) is 26.7. The first-order valence-electron chi connectivity index (χ1n) is 10.2. The van der Waals surface area contributed by atoms with Crippen molar-refractivity contribution in [1.29, 1.82) is 0 Å². The van der Waals surface area contributed by atoms with Gasteiger partial charge in [-0.25, -0.2) is 0 Å². The second-order valence-corrected chi connectivity index (χ2v) is 12.0. The highest BCUT2D eigenvalue weighted by atomic mass is 79.9. The van der Waals surface area contributed by atoms with Crippen LogP contribution in [0.25, 0.3) is 0 Å². The molecule has 160 valence electrons. The minimum Gasteiger partial charge on any atom is -0.494 e. The second kappa shape index (κ2) is 7.33. The molecule has 0 unspecified atom stereocenters. The number of hydrogen-bond acceptors (Lipinski definition) is 4. The fourth-order valence-electron chi connectivity index (χ4n) is 5.16. The van der Waals surface area contributed by atoms with Crippen molar-refractivity contribution in [2.24, 2.45) is 10.8 Å². The number of carbonyl (C=O) groups is 2. The molecule has 1 aromatic carbocycles. The van der Waals surface area contributed by atoms with Gasteiger partial charge in [-0.2, -0.15) is 0 Å². The molecule has 6 heteroatoms. The number of ketones is 2. The molecule has 1 aliphatic heterocycles. The van der Waals surface area contributed by atoms with E-state index < -0.39 is 0 Å². The summed E-state index contributed by atoms with van der Waals surface area (Å²) in [6.45, 7) is 8.52. The van der Waals surface area contributed by atoms with E-state index in [0.717, 1.165) is 49.9 Å². The summed E-state index contributed by atoms with van der Waals surface area (Å²) in [6.07, 6.45) is 2.58. The number of methoxy groups -OCH3 is 1. The molecule has 1 N–H and O–H groups in total. The third kappa shape index (κ3) is 3.70. The fraction of sp³-hybridized carbons (Fsp3) is 0.500. The topological polar surface area (TPSA) is 55.4 Å². The molecule has 2 aliphatic carbocycles. The van der Waals surface area contributed by atoms with E-state index in [9.17, 15) is 9.59 Å². The summed E-state index contributed by atoms with van der Waals surface area (Å²) in [5, 5.41) is 3.55. The molecule has 4 rings (SSSR count). The molecular weight excluding hydrogens is 510 g/mol. The highest BCUT2D eigenvalue weighted by Crippen LogP contribution is 2.52. The highest BCUT2D eigenvalue weighted by Gasteiger charge is 2.46. The van der Waals surface area contributed by atoms with Gasteiger partial charge in [-0.1, -0.05) is 27.7 Å².